The maximum absolute atomic E-state index is 9.18. The smallest absolute Gasteiger partial charge is 0.0684 e. The summed E-state index contributed by atoms with van der Waals surface area (Å²) in [4.78, 5) is 0. The van der Waals surface area contributed by atoms with Crippen LogP contribution < -0.4 is 0 Å². The van der Waals surface area contributed by atoms with Crippen LogP contribution in [-0.4, -0.2) is 5.11 Å². The third-order valence-electron chi connectivity index (χ3n) is 3.04. The molecule has 1 aromatic rings. The van der Waals surface area contributed by atoms with E-state index in [0.29, 0.717) is 0 Å². The van der Waals surface area contributed by atoms with Gasteiger partial charge in [-0.05, 0) is 54.9 Å². The average Bonchev–Trinajstić information content (AvgIpc) is 2.19. The fourth-order valence-corrected chi connectivity index (χ4v) is 2.27. The highest BCUT2D eigenvalue weighted by atomic mass is 16.3. The van der Waals surface area contributed by atoms with E-state index in [4.69, 9.17) is 0 Å². The molecular formula is C12H16O. The van der Waals surface area contributed by atoms with Gasteiger partial charge >= 0.3 is 0 Å². The summed E-state index contributed by atoms with van der Waals surface area (Å²) >= 11 is 0. The zero-order valence-electron chi connectivity index (χ0n) is 8.14. The van der Waals surface area contributed by atoms with Gasteiger partial charge in [0.15, 0.2) is 0 Å². The summed E-state index contributed by atoms with van der Waals surface area (Å²) in [5.41, 5.74) is 5.46. The Morgan fingerprint density at radius 2 is 1.85 bits per heavy atom. The zero-order chi connectivity index (χ0) is 9.26. The van der Waals surface area contributed by atoms with Crippen molar-refractivity contribution in [2.24, 2.45) is 0 Å². The van der Waals surface area contributed by atoms with Crippen molar-refractivity contribution in [3.05, 3.63) is 34.4 Å². The second-order valence-electron chi connectivity index (χ2n) is 3.86. The predicted molar refractivity (Wildman–Crippen MR) is 53.7 cm³/mol. The Balaban J connectivity index is 2.52. The van der Waals surface area contributed by atoms with Crippen molar-refractivity contribution in [3.63, 3.8) is 0 Å². The molecule has 0 fully saturated rings. The van der Waals surface area contributed by atoms with E-state index in [-0.39, 0.29) is 6.61 Å². The number of hydrogen-bond donors (Lipinski definition) is 1. The average molecular weight is 176 g/mol. The van der Waals surface area contributed by atoms with Crippen molar-refractivity contribution in [2.75, 3.05) is 0 Å². The van der Waals surface area contributed by atoms with Crippen molar-refractivity contribution >= 4 is 0 Å². The van der Waals surface area contributed by atoms with Crippen LogP contribution in [0.15, 0.2) is 12.1 Å². The lowest BCUT2D eigenvalue weighted by Gasteiger charge is -2.20. The molecule has 1 aromatic carbocycles. The SMILES string of the molecule is Cc1ccc(CO)c2c1CCCC2. The second kappa shape index (κ2) is 3.51. The predicted octanol–water partition coefficient (Wildman–Crippen LogP) is 2.37. The van der Waals surface area contributed by atoms with Gasteiger partial charge in [0.25, 0.3) is 0 Å². The van der Waals surface area contributed by atoms with E-state index in [1.165, 1.54) is 36.0 Å². The van der Waals surface area contributed by atoms with Gasteiger partial charge in [0.05, 0.1) is 6.61 Å². The highest BCUT2D eigenvalue weighted by Crippen LogP contribution is 2.27. The molecular weight excluding hydrogens is 160 g/mol. The molecule has 0 aliphatic heterocycles. The third-order valence-corrected chi connectivity index (χ3v) is 3.04. The van der Waals surface area contributed by atoms with Gasteiger partial charge in [-0.25, -0.2) is 0 Å². The van der Waals surface area contributed by atoms with Crippen LogP contribution in [0.4, 0.5) is 0 Å². The minimum atomic E-state index is 0.197. The molecule has 0 bridgehead atoms. The van der Waals surface area contributed by atoms with Gasteiger partial charge in [0.1, 0.15) is 0 Å². The van der Waals surface area contributed by atoms with E-state index in [2.05, 4.69) is 19.1 Å². The highest BCUT2D eigenvalue weighted by molar-refractivity contribution is 5.41. The molecule has 0 saturated carbocycles. The van der Waals surface area contributed by atoms with Crippen LogP contribution in [0.5, 0.6) is 0 Å². The van der Waals surface area contributed by atoms with Crippen molar-refractivity contribution < 1.29 is 5.11 Å². The summed E-state index contributed by atoms with van der Waals surface area (Å²) in [5, 5.41) is 9.18. The Kier molecular flexibility index (Phi) is 2.36. The van der Waals surface area contributed by atoms with Crippen LogP contribution in [0.2, 0.25) is 0 Å². The quantitative estimate of drug-likeness (QED) is 0.696. The van der Waals surface area contributed by atoms with E-state index in [9.17, 15) is 5.11 Å². The number of aliphatic hydroxyl groups is 1. The molecule has 70 valence electrons. The van der Waals surface area contributed by atoms with Gasteiger partial charge < -0.3 is 5.11 Å². The normalized spacial score (nSPS) is 15.5. The maximum atomic E-state index is 9.18. The molecule has 0 heterocycles. The molecule has 1 aliphatic carbocycles. The monoisotopic (exact) mass is 176 g/mol. The van der Waals surface area contributed by atoms with E-state index < -0.39 is 0 Å². The van der Waals surface area contributed by atoms with Gasteiger partial charge in [-0.2, -0.15) is 0 Å². The van der Waals surface area contributed by atoms with Gasteiger partial charge in [0, 0.05) is 0 Å². The fourth-order valence-electron chi connectivity index (χ4n) is 2.27. The molecule has 1 aliphatic rings. The molecule has 1 N–H and O–H groups in total. The van der Waals surface area contributed by atoms with Crippen molar-refractivity contribution in [1.82, 2.24) is 0 Å². The minimum Gasteiger partial charge on any atom is -0.392 e. The lowest BCUT2D eigenvalue weighted by Crippen LogP contribution is -2.08. The van der Waals surface area contributed by atoms with Crippen molar-refractivity contribution in [2.45, 2.75) is 39.2 Å². The summed E-state index contributed by atoms with van der Waals surface area (Å²) in [6.07, 6.45) is 4.95. The number of aryl methyl sites for hydroxylation is 1. The number of benzene rings is 1. The summed E-state index contributed by atoms with van der Waals surface area (Å²) in [5.74, 6) is 0. The Labute approximate surface area is 79.4 Å². The third kappa shape index (κ3) is 1.49. The second-order valence-corrected chi connectivity index (χ2v) is 3.86. The van der Waals surface area contributed by atoms with Crippen molar-refractivity contribution in [1.29, 1.82) is 0 Å². The van der Waals surface area contributed by atoms with Gasteiger partial charge in [0.2, 0.25) is 0 Å². The number of hydrogen-bond acceptors (Lipinski definition) is 1. The van der Waals surface area contributed by atoms with E-state index in [1.54, 1.807) is 0 Å². The molecule has 0 radical (unpaired) electrons. The first-order valence-electron chi connectivity index (χ1n) is 5.04. The van der Waals surface area contributed by atoms with E-state index in [1.807, 2.05) is 0 Å². The highest BCUT2D eigenvalue weighted by Gasteiger charge is 2.14. The molecule has 1 heteroatoms. The molecule has 0 atom stereocenters. The lowest BCUT2D eigenvalue weighted by molar-refractivity contribution is 0.280. The van der Waals surface area contributed by atoms with Crippen LogP contribution in [0, 0.1) is 6.92 Å². The molecule has 2 rings (SSSR count). The molecule has 0 aromatic heterocycles. The number of aliphatic hydroxyl groups excluding tert-OH is 1. The fraction of sp³-hybridized carbons (Fsp3) is 0.500. The Bertz CT molecular complexity index is 315. The maximum Gasteiger partial charge on any atom is 0.0684 e. The van der Waals surface area contributed by atoms with Crippen molar-refractivity contribution in [3.8, 4) is 0 Å². The summed E-state index contributed by atoms with van der Waals surface area (Å²) in [6.45, 7) is 2.37. The molecule has 1 nitrogen and oxygen atoms in total. The van der Waals surface area contributed by atoms with Gasteiger partial charge in [-0.1, -0.05) is 12.1 Å². The summed E-state index contributed by atoms with van der Waals surface area (Å²) in [7, 11) is 0. The first kappa shape index (κ1) is 8.76. The first-order chi connectivity index (χ1) is 6.33. The topological polar surface area (TPSA) is 20.2 Å². The lowest BCUT2D eigenvalue weighted by atomic mass is 9.86. The Morgan fingerprint density at radius 3 is 2.54 bits per heavy atom. The Morgan fingerprint density at radius 1 is 1.15 bits per heavy atom. The van der Waals surface area contributed by atoms with E-state index >= 15 is 0 Å². The minimum absolute atomic E-state index is 0.197. The molecule has 0 spiro atoms. The van der Waals surface area contributed by atoms with Crippen LogP contribution in [0.3, 0.4) is 0 Å². The summed E-state index contributed by atoms with van der Waals surface area (Å²) < 4.78 is 0. The molecule has 0 amide bonds. The van der Waals surface area contributed by atoms with Crippen LogP contribution in [0.1, 0.15) is 35.1 Å². The zero-order valence-corrected chi connectivity index (χ0v) is 8.14. The van der Waals surface area contributed by atoms with Gasteiger partial charge in [-0.15, -0.1) is 0 Å². The van der Waals surface area contributed by atoms with Crippen LogP contribution in [0.25, 0.3) is 0 Å². The molecule has 13 heavy (non-hydrogen) atoms. The largest absolute Gasteiger partial charge is 0.392 e. The standard InChI is InChI=1S/C12H16O/c1-9-6-7-10(8-13)12-5-3-2-4-11(9)12/h6-7,13H,2-5,8H2,1H3. The number of fused-ring (bicyclic) bond motifs is 1. The van der Waals surface area contributed by atoms with Gasteiger partial charge in [-0.3, -0.25) is 0 Å². The first-order valence-corrected chi connectivity index (χ1v) is 5.04. The molecule has 0 unspecified atom stereocenters. The van der Waals surface area contributed by atoms with Crippen LogP contribution in [-0.2, 0) is 19.4 Å². The summed E-state index contributed by atoms with van der Waals surface area (Å²) in [6, 6.07) is 4.20. The molecule has 0 saturated heterocycles. The van der Waals surface area contributed by atoms with Crippen LogP contribution >= 0.6 is 0 Å². The number of rotatable bonds is 1. The Hall–Kier alpha value is -0.820. The van der Waals surface area contributed by atoms with E-state index in [0.717, 1.165) is 12.0 Å².